The molecule has 0 aliphatic carbocycles. The molecule has 1 aliphatic rings. The van der Waals surface area contributed by atoms with Gasteiger partial charge in [-0.15, -0.1) is 11.3 Å². The van der Waals surface area contributed by atoms with Crippen molar-refractivity contribution >= 4 is 34.0 Å². The molecular formula is C20H15F2N3O2S. The Balaban J connectivity index is 1.55. The van der Waals surface area contributed by atoms with Crippen molar-refractivity contribution in [2.24, 2.45) is 0 Å². The number of carbonyl (C=O) groups is 2. The lowest BCUT2D eigenvalue weighted by Gasteiger charge is -2.25. The number of halogens is 2. The first kappa shape index (κ1) is 18.2. The largest absolute Gasteiger partial charge is 0.315 e. The normalized spacial score (nSPS) is 13.4. The van der Waals surface area contributed by atoms with Crippen LogP contribution in [0, 0.1) is 11.6 Å². The number of aromatic nitrogens is 1. The third kappa shape index (κ3) is 3.27. The van der Waals surface area contributed by atoms with Gasteiger partial charge in [0, 0.05) is 30.1 Å². The van der Waals surface area contributed by atoms with E-state index in [2.05, 4.69) is 10.3 Å². The van der Waals surface area contributed by atoms with Gasteiger partial charge >= 0.3 is 0 Å². The highest BCUT2D eigenvalue weighted by molar-refractivity contribution is 7.14. The second-order valence-electron chi connectivity index (χ2n) is 6.38. The van der Waals surface area contributed by atoms with E-state index < -0.39 is 11.6 Å². The van der Waals surface area contributed by atoms with Crippen molar-refractivity contribution in [1.82, 2.24) is 4.98 Å². The van der Waals surface area contributed by atoms with E-state index in [0.29, 0.717) is 18.4 Å². The fourth-order valence-electron chi connectivity index (χ4n) is 3.16. The third-order valence-corrected chi connectivity index (χ3v) is 5.39. The minimum absolute atomic E-state index is 0.0420. The zero-order chi connectivity index (χ0) is 19.8. The number of hydrogen-bond donors (Lipinski definition) is 1. The molecule has 2 aromatic carbocycles. The number of carbonyl (C=O) groups excluding carboxylic acids is 2. The van der Waals surface area contributed by atoms with E-state index in [1.165, 1.54) is 11.4 Å². The van der Waals surface area contributed by atoms with Gasteiger partial charge in [0.05, 0.1) is 11.3 Å². The Hall–Kier alpha value is -3.13. The smallest absolute Gasteiger partial charge is 0.257 e. The zero-order valence-electron chi connectivity index (χ0n) is 14.8. The summed E-state index contributed by atoms with van der Waals surface area (Å²) >= 11 is 1.08. The zero-order valence-corrected chi connectivity index (χ0v) is 15.6. The van der Waals surface area contributed by atoms with E-state index in [4.69, 9.17) is 0 Å². The van der Waals surface area contributed by atoms with Crippen LogP contribution in [0.2, 0.25) is 0 Å². The van der Waals surface area contributed by atoms with E-state index in [0.717, 1.165) is 34.7 Å². The Morgan fingerprint density at radius 1 is 1.18 bits per heavy atom. The quantitative estimate of drug-likeness (QED) is 0.716. The monoisotopic (exact) mass is 399 g/mol. The van der Waals surface area contributed by atoms with Crippen LogP contribution < -0.4 is 10.2 Å². The lowest BCUT2D eigenvalue weighted by molar-refractivity contribution is -0.118. The molecule has 4 rings (SSSR count). The lowest BCUT2D eigenvalue weighted by atomic mass is 9.99. The van der Waals surface area contributed by atoms with E-state index >= 15 is 0 Å². The molecule has 3 aromatic rings. The van der Waals surface area contributed by atoms with Crippen molar-refractivity contribution in [1.29, 1.82) is 0 Å². The van der Waals surface area contributed by atoms with Gasteiger partial charge in [-0.2, -0.15) is 0 Å². The predicted molar refractivity (Wildman–Crippen MR) is 104 cm³/mol. The van der Waals surface area contributed by atoms with Crippen molar-refractivity contribution in [3.63, 3.8) is 0 Å². The maximum absolute atomic E-state index is 13.9. The van der Waals surface area contributed by atoms with Crippen molar-refractivity contribution in [3.8, 4) is 11.3 Å². The fraction of sp³-hybridized carbons (Fsp3) is 0.150. The number of aryl methyl sites for hydroxylation is 1. The predicted octanol–water partition coefficient (Wildman–Crippen LogP) is 4.25. The molecule has 142 valence electrons. The number of hydrogen-bond acceptors (Lipinski definition) is 4. The molecule has 0 spiro atoms. The molecule has 28 heavy (non-hydrogen) atoms. The van der Waals surface area contributed by atoms with Crippen LogP contribution in [-0.2, 0) is 11.2 Å². The molecule has 0 saturated heterocycles. The van der Waals surface area contributed by atoms with Crippen LogP contribution in [0.25, 0.3) is 11.3 Å². The highest BCUT2D eigenvalue weighted by atomic mass is 32.1. The molecular weight excluding hydrogens is 384 g/mol. The first-order valence-electron chi connectivity index (χ1n) is 8.55. The van der Waals surface area contributed by atoms with Crippen LogP contribution in [0.1, 0.15) is 22.3 Å². The Labute approximate surface area is 163 Å². The number of nitrogens with zero attached hydrogens (tertiary/aromatic N) is 2. The maximum atomic E-state index is 13.9. The van der Waals surface area contributed by atoms with Gasteiger partial charge < -0.3 is 4.90 Å². The maximum Gasteiger partial charge on any atom is 0.257 e. The Morgan fingerprint density at radius 2 is 1.93 bits per heavy atom. The molecule has 1 N–H and O–H groups in total. The minimum atomic E-state index is -0.712. The Bertz CT molecular complexity index is 1080. The van der Waals surface area contributed by atoms with Crippen LogP contribution in [0.3, 0.4) is 0 Å². The SMILES string of the molecule is CN1C(=O)CCc2cc(C(=O)Nc3nc(-c4c(F)cccc4F)cs3)ccc21. The van der Waals surface area contributed by atoms with Gasteiger partial charge in [0.2, 0.25) is 5.91 Å². The lowest BCUT2D eigenvalue weighted by Crippen LogP contribution is -2.31. The van der Waals surface area contributed by atoms with Gasteiger partial charge in [-0.25, -0.2) is 13.8 Å². The summed E-state index contributed by atoms with van der Waals surface area (Å²) < 4.78 is 27.8. The fourth-order valence-corrected chi connectivity index (χ4v) is 3.85. The first-order valence-corrected chi connectivity index (χ1v) is 9.43. The number of fused-ring (bicyclic) bond motifs is 1. The topological polar surface area (TPSA) is 62.3 Å². The van der Waals surface area contributed by atoms with E-state index in [1.54, 1.807) is 30.1 Å². The Morgan fingerprint density at radius 3 is 2.68 bits per heavy atom. The molecule has 8 heteroatoms. The second kappa shape index (κ2) is 7.12. The molecule has 0 radical (unpaired) electrons. The summed E-state index contributed by atoms with van der Waals surface area (Å²) in [5.41, 5.74) is 2.04. The molecule has 2 amide bonds. The summed E-state index contributed by atoms with van der Waals surface area (Å²) in [6.07, 6.45) is 0.978. The van der Waals surface area contributed by atoms with Crippen LogP contribution in [-0.4, -0.2) is 23.8 Å². The molecule has 1 aromatic heterocycles. The van der Waals surface area contributed by atoms with Crippen molar-refractivity contribution in [2.75, 3.05) is 17.3 Å². The van der Waals surface area contributed by atoms with Gasteiger partial charge in [-0.3, -0.25) is 14.9 Å². The third-order valence-electron chi connectivity index (χ3n) is 4.63. The summed E-state index contributed by atoms with van der Waals surface area (Å²) in [5.74, 6) is -1.76. The Kier molecular flexibility index (Phi) is 4.64. The molecule has 5 nitrogen and oxygen atoms in total. The number of rotatable bonds is 3. The number of anilines is 2. The standard InChI is InChI=1S/C20H15F2N3O2S/c1-25-16-7-5-12(9-11(16)6-8-17(25)26)19(27)24-20-23-15(10-28-20)18-13(21)3-2-4-14(18)22/h2-5,7,9-10H,6,8H2,1H3,(H,23,24,27). The highest BCUT2D eigenvalue weighted by Gasteiger charge is 2.22. The van der Waals surface area contributed by atoms with Crippen LogP contribution in [0.5, 0.6) is 0 Å². The number of thiazole rings is 1. The van der Waals surface area contributed by atoms with Gasteiger partial charge in [0.25, 0.3) is 5.91 Å². The van der Waals surface area contributed by atoms with Crippen LogP contribution in [0.4, 0.5) is 19.6 Å². The summed E-state index contributed by atoms with van der Waals surface area (Å²) in [4.78, 5) is 30.0. The van der Waals surface area contributed by atoms with E-state index in [1.807, 2.05) is 0 Å². The molecule has 0 atom stereocenters. The van der Waals surface area contributed by atoms with E-state index in [-0.39, 0.29) is 28.2 Å². The molecule has 2 heterocycles. The van der Waals surface area contributed by atoms with Crippen molar-refractivity contribution in [3.05, 3.63) is 64.5 Å². The van der Waals surface area contributed by atoms with Crippen LogP contribution >= 0.6 is 11.3 Å². The van der Waals surface area contributed by atoms with Gasteiger partial charge in [-0.05, 0) is 42.3 Å². The minimum Gasteiger partial charge on any atom is -0.315 e. The van der Waals surface area contributed by atoms with Gasteiger partial charge in [-0.1, -0.05) is 6.07 Å². The summed E-state index contributed by atoms with van der Waals surface area (Å²) in [5, 5.41) is 4.39. The van der Waals surface area contributed by atoms with Gasteiger partial charge in [0.15, 0.2) is 5.13 Å². The molecule has 0 unspecified atom stereocenters. The van der Waals surface area contributed by atoms with Crippen molar-refractivity contribution < 1.29 is 18.4 Å². The van der Waals surface area contributed by atoms with Gasteiger partial charge in [0.1, 0.15) is 11.6 Å². The number of nitrogens with one attached hydrogen (secondary N) is 1. The highest BCUT2D eigenvalue weighted by Crippen LogP contribution is 2.30. The molecule has 0 fully saturated rings. The summed E-state index contributed by atoms with van der Waals surface area (Å²) in [7, 11) is 1.71. The molecule has 0 bridgehead atoms. The first-order chi connectivity index (χ1) is 13.4. The van der Waals surface area contributed by atoms with Crippen molar-refractivity contribution in [2.45, 2.75) is 12.8 Å². The number of amides is 2. The number of benzene rings is 2. The average Bonchev–Trinajstić information content (AvgIpc) is 3.12. The molecule has 1 aliphatic heterocycles. The summed E-state index contributed by atoms with van der Waals surface area (Å²) in [6.45, 7) is 0. The van der Waals surface area contributed by atoms with Crippen LogP contribution in [0.15, 0.2) is 41.8 Å². The molecule has 0 saturated carbocycles. The average molecular weight is 399 g/mol. The summed E-state index contributed by atoms with van der Waals surface area (Å²) in [6, 6.07) is 8.72. The van der Waals surface area contributed by atoms with E-state index in [9.17, 15) is 18.4 Å². The second-order valence-corrected chi connectivity index (χ2v) is 7.24.